The summed E-state index contributed by atoms with van der Waals surface area (Å²) >= 11 is 5.22. The first-order chi connectivity index (χ1) is 7.84. The van der Waals surface area contributed by atoms with E-state index in [1.165, 1.54) is 32.0 Å². The third-order valence-corrected chi connectivity index (χ3v) is 3.06. The van der Waals surface area contributed by atoms with Crippen LogP contribution in [-0.4, -0.2) is 32.9 Å². The lowest BCUT2D eigenvalue weighted by molar-refractivity contribution is 0.620. The molecule has 0 amide bonds. The third-order valence-electron chi connectivity index (χ3n) is 2.80. The summed E-state index contributed by atoms with van der Waals surface area (Å²) in [5.41, 5.74) is 0. The number of nitrogens with zero attached hydrogens (tertiary/aromatic N) is 2. The fraction of sp³-hybridized carbons (Fsp3) is 0.700. The van der Waals surface area contributed by atoms with Crippen LogP contribution in [0.15, 0.2) is 6.33 Å². The van der Waals surface area contributed by atoms with Crippen LogP contribution < -0.4 is 10.6 Å². The van der Waals surface area contributed by atoms with Crippen LogP contribution in [-0.2, 0) is 6.42 Å². The van der Waals surface area contributed by atoms with Gasteiger partial charge in [0.1, 0.15) is 12.2 Å². The Morgan fingerprint density at radius 1 is 1.50 bits per heavy atom. The molecule has 5 nitrogen and oxygen atoms in total. The number of rotatable bonds is 4. The molecule has 0 atom stereocenters. The van der Waals surface area contributed by atoms with Crippen LogP contribution in [0.25, 0.3) is 0 Å². The quantitative estimate of drug-likeness (QED) is 0.677. The molecule has 1 aromatic rings. The van der Waals surface area contributed by atoms with E-state index in [1.54, 1.807) is 0 Å². The highest BCUT2D eigenvalue weighted by atomic mass is 32.1. The molecule has 0 aliphatic heterocycles. The summed E-state index contributed by atoms with van der Waals surface area (Å²) in [4.78, 5) is 4.05. The summed E-state index contributed by atoms with van der Waals surface area (Å²) in [6.45, 7) is 0.785. The van der Waals surface area contributed by atoms with Gasteiger partial charge in [0, 0.05) is 19.0 Å². The molecular formula is C10H17N5S. The van der Waals surface area contributed by atoms with Crippen LogP contribution in [0, 0.1) is 0 Å². The monoisotopic (exact) mass is 239 g/mol. The van der Waals surface area contributed by atoms with Gasteiger partial charge >= 0.3 is 0 Å². The van der Waals surface area contributed by atoms with E-state index < -0.39 is 0 Å². The molecule has 1 fully saturated rings. The Bertz CT molecular complexity index is 318. The van der Waals surface area contributed by atoms with E-state index >= 15 is 0 Å². The number of hydrogen-bond acceptors (Lipinski definition) is 3. The van der Waals surface area contributed by atoms with Crippen LogP contribution >= 0.6 is 12.2 Å². The number of H-pyrrole nitrogens is 1. The van der Waals surface area contributed by atoms with Crippen molar-refractivity contribution in [1.29, 1.82) is 0 Å². The fourth-order valence-electron chi connectivity index (χ4n) is 1.95. The van der Waals surface area contributed by atoms with Crippen molar-refractivity contribution in [3.8, 4) is 0 Å². The number of nitrogens with one attached hydrogen (secondary N) is 3. The summed E-state index contributed by atoms with van der Waals surface area (Å²) in [7, 11) is 0. The lowest BCUT2D eigenvalue weighted by atomic mass is 10.3. The van der Waals surface area contributed by atoms with Gasteiger partial charge in [-0.2, -0.15) is 5.10 Å². The van der Waals surface area contributed by atoms with E-state index in [1.807, 2.05) is 0 Å². The topological polar surface area (TPSA) is 65.6 Å². The van der Waals surface area contributed by atoms with Gasteiger partial charge in [0.25, 0.3) is 0 Å². The van der Waals surface area contributed by atoms with Crippen molar-refractivity contribution in [2.45, 2.75) is 38.1 Å². The van der Waals surface area contributed by atoms with Crippen molar-refractivity contribution in [2.24, 2.45) is 0 Å². The lowest BCUT2D eigenvalue weighted by Crippen LogP contribution is -2.41. The highest BCUT2D eigenvalue weighted by Gasteiger charge is 2.14. The normalized spacial score (nSPS) is 16.2. The molecule has 2 rings (SSSR count). The van der Waals surface area contributed by atoms with Gasteiger partial charge in [0.05, 0.1) is 0 Å². The van der Waals surface area contributed by atoms with Crippen LogP contribution in [0.5, 0.6) is 0 Å². The predicted octanol–water partition coefficient (Wildman–Crippen LogP) is 0.754. The number of aromatic nitrogens is 3. The average Bonchev–Trinajstić information content (AvgIpc) is 2.90. The molecule has 1 aliphatic carbocycles. The standard InChI is InChI=1S/C10H17N5S/c16-10(14-8-3-1-2-4-8)11-6-5-9-12-7-13-15-9/h7-8H,1-6H2,(H2,11,14,16)(H,12,13,15). The van der Waals surface area contributed by atoms with Crippen LogP contribution in [0.2, 0.25) is 0 Å². The Morgan fingerprint density at radius 2 is 2.31 bits per heavy atom. The minimum Gasteiger partial charge on any atom is -0.362 e. The Kier molecular flexibility index (Phi) is 4.10. The van der Waals surface area contributed by atoms with E-state index in [4.69, 9.17) is 12.2 Å². The van der Waals surface area contributed by atoms with Crippen molar-refractivity contribution in [3.63, 3.8) is 0 Å². The van der Waals surface area contributed by atoms with Gasteiger partial charge in [-0.25, -0.2) is 4.98 Å². The Hall–Kier alpha value is -1.17. The van der Waals surface area contributed by atoms with Crippen LogP contribution in [0.1, 0.15) is 31.5 Å². The molecule has 0 aromatic carbocycles. The minimum atomic E-state index is 0.574. The maximum Gasteiger partial charge on any atom is 0.166 e. The number of hydrogen-bond donors (Lipinski definition) is 3. The molecule has 1 aliphatic rings. The SMILES string of the molecule is S=C(NCCc1ncn[nH]1)NC1CCCC1. The summed E-state index contributed by atoms with van der Waals surface area (Å²) in [6.07, 6.45) is 7.45. The number of thiocarbonyl (C=S) groups is 1. The van der Waals surface area contributed by atoms with Crippen molar-refractivity contribution in [2.75, 3.05) is 6.54 Å². The van der Waals surface area contributed by atoms with E-state index in [0.29, 0.717) is 6.04 Å². The first kappa shape index (κ1) is 11.3. The first-order valence-corrected chi connectivity index (χ1v) is 6.14. The first-order valence-electron chi connectivity index (χ1n) is 5.73. The van der Waals surface area contributed by atoms with Gasteiger partial charge in [-0.3, -0.25) is 5.10 Å². The Labute approximate surface area is 100 Å². The molecule has 1 heterocycles. The summed E-state index contributed by atoms with van der Waals surface area (Å²) < 4.78 is 0. The molecule has 1 aromatic heterocycles. The molecule has 3 N–H and O–H groups in total. The second kappa shape index (κ2) is 5.79. The molecule has 16 heavy (non-hydrogen) atoms. The van der Waals surface area contributed by atoms with E-state index in [-0.39, 0.29) is 0 Å². The Balaban J connectivity index is 1.60. The average molecular weight is 239 g/mol. The van der Waals surface area contributed by atoms with E-state index in [2.05, 4.69) is 25.8 Å². The Morgan fingerprint density at radius 3 is 3.00 bits per heavy atom. The zero-order chi connectivity index (χ0) is 11.2. The van der Waals surface area contributed by atoms with Gasteiger partial charge in [-0.1, -0.05) is 12.8 Å². The van der Waals surface area contributed by atoms with Gasteiger partial charge in [0.2, 0.25) is 0 Å². The maximum atomic E-state index is 5.22. The van der Waals surface area contributed by atoms with E-state index in [9.17, 15) is 0 Å². The zero-order valence-corrected chi connectivity index (χ0v) is 10.0. The molecule has 0 spiro atoms. The summed E-state index contributed by atoms with van der Waals surface area (Å²) in [6, 6.07) is 0.574. The molecule has 88 valence electrons. The summed E-state index contributed by atoms with van der Waals surface area (Å²) in [5.74, 6) is 0.885. The third kappa shape index (κ3) is 3.44. The second-order valence-electron chi connectivity index (χ2n) is 4.06. The molecule has 0 bridgehead atoms. The molecule has 0 radical (unpaired) electrons. The molecule has 0 saturated heterocycles. The van der Waals surface area contributed by atoms with Crippen LogP contribution in [0.4, 0.5) is 0 Å². The maximum absolute atomic E-state index is 5.22. The predicted molar refractivity (Wildman–Crippen MR) is 66.1 cm³/mol. The summed E-state index contributed by atoms with van der Waals surface area (Å²) in [5, 5.41) is 13.9. The molecule has 0 unspecified atom stereocenters. The second-order valence-corrected chi connectivity index (χ2v) is 4.47. The highest BCUT2D eigenvalue weighted by molar-refractivity contribution is 7.80. The smallest absolute Gasteiger partial charge is 0.166 e. The van der Waals surface area contributed by atoms with Gasteiger partial charge in [-0.05, 0) is 25.1 Å². The minimum absolute atomic E-state index is 0.574. The molecular weight excluding hydrogens is 222 g/mol. The lowest BCUT2D eigenvalue weighted by Gasteiger charge is -2.15. The fourth-order valence-corrected chi connectivity index (χ4v) is 2.22. The van der Waals surface area contributed by atoms with Crippen molar-refractivity contribution >= 4 is 17.3 Å². The van der Waals surface area contributed by atoms with Crippen molar-refractivity contribution < 1.29 is 0 Å². The molecule has 6 heteroatoms. The van der Waals surface area contributed by atoms with Gasteiger partial charge in [0.15, 0.2) is 5.11 Å². The van der Waals surface area contributed by atoms with Crippen LogP contribution in [0.3, 0.4) is 0 Å². The molecule has 1 saturated carbocycles. The van der Waals surface area contributed by atoms with Crippen molar-refractivity contribution in [3.05, 3.63) is 12.2 Å². The van der Waals surface area contributed by atoms with Crippen molar-refractivity contribution in [1.82, 2.24) is 25.8 Å². The van der Waals surface area contributed by atoms with Gasteiger partial charge < -0.3 is 10.6 Å². The largest absolute Gasteiger partial charge is 0.362 e. The van der Waals surface area contributed by atoms with E-state index in [0.717, 1.165) is 23.9 Å². The highest BCUT2D eigenvalue weighted by Crippen LogP contribution is 2.17. The zero-order valence-electron chi connectivity index (χ0n) is 9.20. The number of aromatic amines is 1. The van der Waals surface area contributed by atoms with Gasteiger partial charge in [-0.15, -0.1) is 0 Å².